The molecule has 3 N–H and O–H groups in total. The van der Waals surface area contributed by atoms with Gasteiger partial charge in [-0.3, -0.25) is 9.89 Å². The Morgan fingerprint density at radius 1 is 1.71 bits per heavy atom. The van der Waals surface area contributed by atoms with E-state index in [-0.39, 0.29) is 17.7 Å². The predicted molar refractivity (Wildman–Crippen MR) is 63.4 cm³/mol. The molecule has 0 aromatic carbocycles. The van der Waals surface area contributed by atoms with E-state index in [1.54, 1.807) is 11.9 Å². The molecule has 1 amide bonds. The Labute approximate surface area is 100.0 Å². The molecule has 1 unspecified atom stereocenters. The lowest BCUT2D eigenvalue weighted by atomic mass is 10.1. The van der Waals surface area contributed by atoms with Crippen molar-refractivity contribution < 1.29 is 4.79 Å². The van der Waals surface area contributed by atoms with Crippen LogP contribution in [0.5, 0.6) is 0 Å². The van der Waals surface area contributed by atoms with E-state index in [1.165, 1.54) is 0 Å². The van der Waals surface area contributed by atoms with Gasteiger partial charge in [0.1, 0.15) is 0 Å². The van der Waals surface area contributed by atoms with E-state index in [0.717, 1.165) is 26.1 Å². The molecular formula is C10H18N6O. The molecule has 1 aliphatic rings. The highest BCUT2D eigenvalue weighted by molar-refractivity contribution is 5.90. The number of likely N-dealkylation sites (tertiary alicyclic amines) is 1. The quantitative estimate of drug-likeness (QED) is 0.734. The first kappa shape index (κ1) is 11.8. The van der Waals surface area contributed by atoms with E-state index in [4.69, 9.17) is 5.73 Å². The maximum Gasteiger partial charge on any atom is 0.290 e. The lowest BCUT2D eigenvalue weighted by molar-refractivity contribution is 0.0762. The monoisotopic (exact) mass is 238 g/mol. The van der Waals surface area contributed by atoms with Crippen LogP contribution in [0.2, 0.25) is 0 Å². The van der Waals surface area contributed by atoms with Gasteiger partial charge in [0.05, 0.1) is 0 Å². The van der Waals surface area contributed by atoms with Crippen molar-refractivity contribution in [1.82, 2.24) is 25.0 Å². The summed E-state index contributed by atoms with van der Waals surface area (Å²) >= 11 is 0. The molecule has 2 heterocycles. The predicted octanol–water partition coefficient (Wildman–Crippen LogP) is -0.589. The first-order chi connectivity index (χ1) is 8.06. The molecule has 0 radical (unpaired) electrons. The minimum absolute atomic E-state index is 0.0994. The van der Waals surface area contributed by atoms with Crippen LogP contribution >= 0.6 is 0 Å². The molecule has 7 nitrogen and oxygen atoms in total. The van der Waals surface area contributed by atoms with E-state index in [2.05, 4.69) is 27.1 Å². The smallest absolute Gasteiger partial charge is 0.290 e. The molecule has 1 saturated heterocycles. The third-order valence-corrected chi connectivity index (χ3v) is 3.07. The van der Waals surface area contributed by atoms with Crippen molar-refractivity contribution in [3.63, 3.8) is 0 Å². The standard InChI is InChI=1S/C10H18N6O/c1-15-4-3-7(5-15)6-16(2)9(17)8-12-10(11)14-13-8/h7H,3-6H2,1-2H3,(H3,11,12,13,14). The van der Waals surface area contributed by atoms with Crippen molar-refractivity contribution in [1.29, 1.82) is 0 Å². The number of aromatic nitrogens is 3. The zero-order valence-corrected chi connectivity index (χ0v) is 10.2. The number of carbonyl (C=O) groups excluding carboxylic acids is 1. The highest BCUT2D eigenvalue weighted by Crippen LogP contribution is 2.15. The molecule has 1 atom stereocenters. The second kappa shape index (κ2) is 4.70. The summed E-state index contributed by atoms with van der Waals surface area (Å²) in [4.78, 5) is 19.7. The van der Waals surface area contributed by atoms with Gasteiger partial charge in [-0.05, 0) is 25.9 Å². The fourth-order valence-corrected chi connectivity index (χ4v) is 2.20. The Kier molecular flexibility index (Phi) is 3.28. The van der Waals surface area contributed by atoms with Gasteiger partial charge in [-0.2, -0.15) is 4.98 Å². The topological polar surface area (TPSA) is 91.1 Å². The maximum atomic E-state index is 12.0. The summed E-state index contributed by atoms with van der Waals surface area (Å²) in [7, 11) is 3.87. The van der Waals surface area contributed by atoms with Gasteiger partial charge in [0.15, 0.2) is 0 Å². The summed E-state index contributed by atoms with van der Waals surface area (Å²) in [5, 5.41) is 6.18. The molecule has 1 aliphatic heterocycles. The van der Waals surface area contributed by atoms with Gasteiger partial charge < -0.3 is 15.5 Å². The van der Waals surface area contributed by atoms with Crippen LogP contribution in [0.25, 0.3) is 0 Å². The second-order valence-corrected chi connectivity index (χ2v) is 4.64. The Morgan fingerprint density at radius 3 is 3.00 bits per heavy atom. The number of hydrogen-bond acceptors (Lipinski definition) is 5. The van der Waals surface area contributed by atoms with Gasteiger partial charge in [-0.25, -0.2) is 0 Å². The number of rotatable bonds is 3. The molecule has 94 valence electrons. The van der Waals surface area contributed by atoms with E-state index in [9.17, 15) is 4.79 Å². The number of hydrogen-bond donors (Lipinski definition) is 2. The first-order valence-corrected chi connectivity index (χ1v) is 5.68. The third kappa shape index (κ3) is 2.73. The highest BCUT2D eigenvalue weighted by Gasteiger charge is 2.24. The molecule has 0 aliphatic carbocycles. The number of H-pyrrole nitrogens is 1. The first-order valence-electron chi connectivity index (χ1n) is 5.68. The average molecular weight is 238 g/mol. The molecule has 2 rings (SSSR count). The summed E-state index contributed by atoms with van der Waals surface area (Å²) in [6.07, 6.45) is 1.13. The van der Waals surface area contributed by atoms with Crippen molar-refractivity contribution in [2.75, 3.05) is 39.5 Å². The Balaban J connectivity index is 1.91. The summed E-state index contributed by atoms with van der Waals surface area (Å²) in [5.74, 6) is 0.677. The SMILES string of the molecule is CN1CCC(CN(C)C(=O)c2nc(N)n[nH]2)C1. The van der Waals surface area contributed by atoms with Crippen LogP contribution in [0.3, 0.4) is 0 Å². The molecule has 0 bridgehead atoms. The molecule has 0 spiro atoms. The summed E-state index contributed by atoms with van der Waals surface area (Å²) in [6.45, 7) is 2.88. The molecule has 1 aromatic rings. The molecule has 1 fully saturated rings. The van der Waals surface area contributed by atoms with Crippen LogP contribution in [-0.2, 0) is 0 Å². The van der Waals surface area contributed by atoms with Crippen molar-refractivity contribution in [3.8, 4) is 0 Å². The normalized spacial score (nSPS) is 20.7. The number of aromatic amines is 1. The Morgan fingerprint density at radius 2 is 2.47 bits per heavy atom. The van der Waals surface area contributed by atoms with E-state index >= 15 is 0 Å². The largest absolute Gasteiger partial charge is 0.366 e. The van der Waals surface area contributed by atoms with Crippen LogP contribution in [0.4, 0.5) is 5.95 Å². The Hall–Kier alpha value is -1.63. The number of carbonyl (C=O) groups is 1. The number of nitrogens with zero attached hydrogens (tertiary/aromatic N) is 4. The van der Waals surface area contributed by atoms with Crippen LogP contribution < -0.4 is 5.73 Å². The van der Waals surface area contributed by atoms with E-state index in [1.807, 2.05) is 0 Å². The number of nitrogens with one attached hydrogen (secondary N) is 1. The highest BCUT2D eigenvalue weighted by atomic mass is 16.2. The lowest BCUT2D eigenvalue weighted by Crippen LogP contribution is -2.33. The zero-order valence-electron chi connectivity index (χ0n) is 10.2. The van der Waals surface area contributed by atoms with Crippen molar-refractivity contribution >= 4 is 11.9 Å². The van der Waals surface area contributed by atoms with Crippen LogP contribution in [0, 0.1) is 5.92 Å². The molecule has 7 heteroatoms. The summed E-state index contributed by atoms with van der Waals surface area (Å²) in [5.41, 5.74) is 5.37. The fraction of sp³-hybridized carbons (Fsp3) is 0.700. The van der Waals surface area contributed by atoms with Gasteiger partial charge in [-0.15, -0.1) is 5.10 Å². The molecule has 17 heavy (non-hydrogen) atoms. The maximum absolute atomic E-state index is 12.0. The molecule has 0 saturated carbocycles. The van der Waals surface area contributed by atoms with Gasteiger partial charge in [0.25, 0.3) is 5.91 Å². The van der Waals surface area contributed by atoms with Gasteiger partial charge in [0.2, 0.25) is 11.8 Å². The van der Waals surface area contributed by atoms with Crippen LogP contribution in [-0.4, -0.2) is 64.6 Å². The summed E-state index contributed by atoms with van der Waals surface area (Å²) in [6, 6.07) is 0. The Bertz CT molecular complexity index is 403. The lowest BCUT2D eigenvalue weighted by Gasteiger charge is -2.19. The van der Waals surface area contributed by atoms with Crippen LogP contribution in [0.15, 0.2) is 0 Å². The number of nitrogens with two attached hydrogens (primary N) is 1. The number of anilines is 1. The summed E-state index contributed by atoms with van der Waals surface area (Å²) < 4.78 is 0. The minimum Gasteiger partial charge on any atom is -0.366 e. The van der Waals surface area contributed by atoms with Gasteiger partial charge in [-0.1, -0.05) is 0 Å². The van der Waals surface area contributed by atoms with Gasteiger partial charge in [0, 0.05) is 20.1 Å². The van der Waals surface area contributed by atoms with Crippen molar-refractivity contribution in [2.45, 2.75) is 6.42 Å². The zero-order chi connectivity index (χ0) is 12.4. The van der Waals surface area contributed by atoms with Gasteiger partial charge >= 0.3 is 0 Å². The molecule has 1 aromatic heterocycles. The second-order valence-electron chi connectivity index (χ2n) is 4.64. The fourth-order valence-electron chi connectivity index (χ4n) is 2.20. The minimum atomic E-state index is -0.163. The average Bonchev–Trinajstić information content (AvgIpc) is 2.87. The molecular weight excluding hydrogens is 220 g/mol. The van der Waals surface area contributed by atoms with E-state index in [0.29, 0.717) is 5.92 Å². The number of nitrogen functional groups attached to an aromatic ring is 1. The van der Waals surface area contributed by atoms with Crippen LogP contribution in [0.1, 0.15) is 17.0 Å². The van der Waals surface area contributed by atoms with Crippen molar-refractivity contribution in [3.05, 3.63) is 5.82 Å². The van der Waals surface area contributed by atoms with E-state index < -0.39 is 0 Å². The third-order valence-electron chi connectivity index (χ3n) is 3.07. The number of amides is 1. The van der Waals surface area contributed by atoms with Crippen molar-refractivity contribution in [2.24, 2.45) is 5.92 Å².